The van der Waals surface area contributed by atoms with Crippen molar-refractivity contribution in [2.75, 3.05) is 26.9 Å². The first-order chi connectivity index (χ1) is 13.2. The third kappa shape index (κ3) is 5.13. The molecule has 1 aromatic carbocycles. The molecule has 2 N–H and O–H groups in total. The minimum Gasteiger partial charge on any atom is -0.490 e. The number of hydrogen-bond donors (Lipinski definition) is 2. The number of aromatic amines is 1. The molecule has 3 aromatic rings. The summed E-state index contributed by atoms with van der Waals surface area (Å²) in [5.41, 5.74) is 2.18. The number of benzene rings is 1. The molecule has 1 amide bonds. The van der Waals surface area contributed by atoms with Gasteiger partial charge in [0.15, 0.2) is 0 Å². The quantitative estimate of drug-likeness (QED) is 0.567. The van der Waals surface area contributed by atoms with Crippen molar-refractivity contribution in [3.63, 3.8) is 0 Å². The van der Waals surface area contributed by atoms with Crippen molar-refractivity contribution in [1.82, 2.24) is 15.3 Å². The standard InChI is InChI=1S/C20H23N3O4/c1-14(24)21-9-8-15-13-22-18-7-6-16(12-17(15)18)26-10-11-27-20-5-3-4-19(23-20)25-2/h3-7,12-13,22H,8-11H2,1-2H3,(H,21,24). The van der Waals surface area contributed by atoms with Crippen LogP contribution in [0.4, 0.5) is 0 Å². The van der Waals surface area contributed by atoms with E-state index in [2.05, 4.69) is 15.3 Å². The molecule has 0 atom stereocenters. The molecule has 0 saturated carbocycles. The Bertz CT molecular complexity index is 907. The van der Waals surface area contributed by atoms with Gasteiger partial charge in [0.1, 0.15) is 19.0 Å². The number of methoxy groups -OCH3 is 1. The van der Waals surface area contributed by atoms with Crippen LogP contribution in [-0.4, -0.2) is 42.7 Å². The Balaban J connectivity index is 1.54. The molecular formula is C20H23N3O4. The molecule has 0 fully saturated rings. The van der Waals surface area contributed by atoms with Gasteiger partial charge < -0.3 is 24.5 Å². The zero-order valence-electron chi connectivity index (χ0n) is 15.5. The van der Waals surface area contributed by atoms with E-state index in [0.29, 0.717) is 31.5 Å². The van der Waals surface area contributed by atoms with Gasteiger partial charge in [-0.15, -0.1) is 0 Å². The number of carbonyl (C=O) groups is 1. The second-order valence-corrected chi connectivity index (χ2v) is 5.97. The molecule has 0 saturated heterocycles. The minimum atomic E-state index is -0.0237. The number of fused-ring (bicyclic) bond motifs is 1. The van der Waals surface area contributed by atoms with E-state index >= 15 is 0 Å². The molecule has 7 nitrogen and oxygen atoms in total. The van der Waals surface area contributed by atoms with E-state index in [4.69, 9.17) is 14.2 Å². The van der Waals surface area contributed by atoms with E-state index in [9.17, 15) is 4.79 Å². The smallest absolute Gasteiger partial charge is 0.216 e. The molecule has 2 aromatic heterocycles. The minimum absolute atomic E-state index is 0.0237. The molecule has 0 aliphatic heterocycles. The highest BCUT2D eigenvalue weighted by Crippen LogP contribution is 2.24. The fraction of sp³-hybridized carbons (Fsp3) is 0.300. The summed E-state index contributed by atoms with van der Waals surface area (Å²) in [5.74, 6) is 1.76. The molecular weight excluding hydrogens is 346 g/mol. The van der Waals surface area contributed by atoms with Crippen molar-refractivity contribution in [2.24, 2.45) is 0 Å². The lowest BCUT2D eigenvalue weighted by Crippen LogP contribution is -2.22. The van der Waals surface area contributed by atoms with E-state index in [1.165, 1.54) is 6.92 Å². The number of aromatic nitrogens is 2. The molecule has 0 unspecified atom stereocenters. The Morgan fingerprint density at radius 1 is 1.15 bits per heavy atom. The van der Waals surface area contributed by atoms with Crippen LogP contribution in [0.3, 0.4) is 0 Å². The number of amides is 1. The molecule has 3 rings (SSSR count). The number of nitrogens with one attached hydrogen (secondary N) is 2. The molecule has 27 heavy (non-hydrogen) atoms. The third-order valence-corrected chi connectivity index (χ3v) is 4.02. The van der Waals surface area contributed by atoms with Crippen LogP contribution >= 0.6 is 0 Å². The lowest BCUT2D eigenvalue weighted by molar-refractivity contribution is -0.118. The summed E-state index contributed by atoms with van der Waals surface area (Å²) in [5, 5.41) is 3.90. The summed E-state index contributed by atoms with van der Waals surface area (Å²) < 4.78 is 16.4. The SMILES string of the molecule is COc1cccc(OCCOc2ccc3[nH]cc(CCNC(C)=O)c3c2)n1. The number of H-pyrrole nitrogens is 1. The van der Waals surface area contributed by atoms with Crippen molar-refractivity contribution in [2.45, 2.75) is 13.3 Å². The number of nitrogens with zero attached hydrogens (tertiary/aromatic N) is 1. The van der Waals surface area contributed by atoms with Gasteiger partial charge in [-0.2, -0.15) is 4.98 Å². The summed E-state index contributed by atoms with van der Waals surface area (Å²) in [6.07, 6.45) is 2.72. The van der Waals surface area contributed by atoms with Crippen molar-refractivity contribution < 1.29 is 19.0 Å². The Morgan fingerprint density at radius 3 is 2.78 bits per heavy atom. The fourth-order valence-corrected chi connectivity index (χ4v) is 2.72. The topological polar surface area (TPSA) is 85.5 Å². The second-order valence-electron chi connectivity index (χ2n) is 5.97. The molecule has 7 heteroatoms. The predicted molar refractivity (Wildman–Crippen MR) is 102 cm³/mol. The maximum Gasteiger partial charge on any atom is 0.216 e. The molecule has 0 radical (unpaired) electrons. The van der Waals surface area contributed by atoms with Gasteiger partial charge >= 0.3 is 0 Å². The van der Waals surface area contributed by atoms with Gasteiger partial charge in [0, 0.05) is 42.7 Å². The molecule has 0 bridgehead atoms. The average molecular weight is 369 g/mol. The zero-order valence-corrected chi connectivity index (χ0v) is 15.5. The Hall–Kier alpha value is -3.22. The van der Waals surface area contributed by atoms with E-state index in [1.807, 2.05) is 30.5 Å². The largest absolute Gasteiger partial charge is 0.490 e. The normalized spacial score (nSPS) is 10.6. The number of ether oxygens (including phenoxy) is 3. The van der Waals surface area contributed by atoms with Gasteiger partial charge in [-0.25, -0.2) is 0 Å². The molecule has 0 spiro atoms. The van der Waals surface area contributed by atoms with Crippen molar-refractivity contribution in [3.8, 4) is 17.5 Å². The van der Waals surface area contributed by atoms with Crippen molar-refractivity contribution in [1.29, 1.82) is 0 Å². The molecule has 0 aliphatic rings. The van der Waals surface area contributed by atoms with Crippen LogP contribution in [0.1, 0.15) is 12.5 Å². The molecule has 142 valence electrons. The van der Waals surface area contributed by atoms with Crippen LogP contribution in [0.2, 0.25) is 0 Å². The number of carbonyl (C=O) groups excluding carboxylic acids is 1. The number of pyridine rings is 1. The van der Waals surface area contributed by atoms with E-state index in [1.54, 1.807) is 19.2 Å². The monoisotopic (exact) mass is 369 g/mol. The summed E-state index contributed by atoms with van der Waals surface area (Å²) in [6, 6.07) is 11.3. The van der Waals surface area contributed by atoms with Crippen LogP contribution in [0.5, 0.6) is 17.5 Å². The van der Waals surface area contributed by atoms with E-state index in [-0.39, 0.29) is 5.91 Å². The molecule has 2 heterocycles. The van der Waals surface area contributed by atoms with Crippen LogP contribution in [-0.2, 0) is 11.2 Å². The van der Waals surface area contributed by atoms with Crippen LogP contribution < -0.4 is 19.5 Å². The fourth-order valence-electron chi connectivity index (χ4n) is 2.72. The zero-order chi connectivity index (χ0) is 19.1. The van der Waals surface area contributed by atoms with Crippen LogP contribution in [0.15, 0.2) is 42.6 Å². The maximum atomic E-state index is 11.0. The highest BCUT2D eigenvalue weighted by Gasteiger charge is 2.06. The van der Waals surface area contributed by atoms with Gasteiger partial charge in [0.25, 0.3) is 0 Å². The summed E-state index contributed by atoms with van der Waals surface area (Å²) in [6.45, 7) is 2.90. The Morgan fingerprint density at radius 2 is 1.96 bits per heavy atom. The van der Waals surface area contributed by atoms with Gasteiger partial charge in [-0.3, -0.25) is 4.79 Å². The Kier molecular flexibility index (Phi) is 6.14. The van der Waals surface area contributed by atoms with Gasteiger partial charge in [-0.05, 0) is 30.2 Å². The van der Waals surface area contributed by atoms with E-state index < -0.39 is 0 Å². The maximum absolute atomic E-state index is 11.0. The Labute approximate surface area is 157 Å². The number of hydrogen-bond acceptors (Lipinski definition) is 5. The summed E-state index contributed by atoms with van der Waals surface area (Å²) in [4.78, 5) is 18.4. The van der Waals surface area contributed by atoms with Gasteiger partial charge in [-0.1, -0.05) is 6.07 Å². The lowest BCUT2D eigenvalue weighted by atomic mass is 10.1. The highest BCUT2D eigenvalue weighted by molar-refractivity contribution is 5.84. The summed E-state index contributed by atoms with van der Waals surface area (Å²) in [7, 11) is 1.57. The average Bonchev–Trinajstić information content (AvgIpc) is 3.07. The molecule has 0 aliphatic carbocycles. The highest BCUT2D eigenvalue weighted by atomic mass is 16.5. The van der Waals surface area contributed by atoms with E-state index in [0.717, 1.165) is 28.6 Å². The van der Waals surface area contributed by atoms with Crippen LogP contribution in [0, 0.1) is 0 Å². The third-order valence-electron chi connectivity index (χ3n) is 4.02. The van der Waals surface area contributed by atoms with Gasteiger partial charge in [0.2, 0.25) is 17.7 Å². The van der Waals surface area contributed by atoms with Gasteiger partial charge in [0.05, 0.1) is 7.11 Å². The predicted octanol–water partition coefficient (Wildman–Crippen LogP) is 2.71. The first kappa shape index (κ1) is 18.6. The first-order valence-corrected chi connectivity index (χ1v) is 8.77. The lowest BCUT2D eigenvalue weighted by Gasteiger charge is -2.09. The number of rotatable bonds is 9. The summed E-state index contributed by atoms with van der Waals surface area (Å²) >= 11 is 0. The van der Waals surface area contributed by atoms with Crippen molar-refractivity contribution in [3.05, 3.63) is 48.2 Å². The van der Waals surface area contributed by atoms with Crippen molar-refractivity contribution >= 4 is 16.8 Å². The van der Waals surface area contributed by atoms with Crippen LogP contribution in [0.25, 0.3) is 10.9 Å². The first-order valence-electron chi connectivity index (χ1n) is 8.77. The second kappa shape index (κ2) is 8.93.